The number of benzene rings is 1. The molecule has 1 nitrogen and oxygen atoms in total. The van der Waals surface area contributed by atoms with Crippen molar-refractivity contribution in [3.05, 3.63) is 35.6 Å². The van der Waals surface area contributed by atoms with E-state index in [1.807, 2.05) is 6.07 Å². The monoisotopic (exact) mass is 146 g/mol. The Kier molecular flexibility index (Phi) is 1.25. The van der Waals surface area contributed by atoms with E-state index in [2.05, 4.69) is 26.0 Å². The normalized spacial score (nSPS) is 10.7. The zero-order valence-electron chi connectivity index (χ0n) is 6.72. The van der Waals surface area contributed by atoms with Crippen LogP contribution in [0.25, 0.3) is 11.0 Å². The summed E-state index contributed by atoms with van der Waals surface area (Å²) in [7, 11) is 0. The topological polar surface area (TPSA) is 13.1 Å². The number of fused-ring (bicyclic) bond motifs is 1. The maximum atomic E-state index is 5.28. The number of rotatable bonds is 0. The van der Waals surface area contributed by atoms with Crippen molar-refractivity contribution < 1.29 is 4.42 Å². The summed E-state index contributed by atoms with van der Waals surface area (Å²) in [5, 5.41) is 1.22. The van der Waals surface area contributed by atoms with Crippen LogP contribution in [0.4, 0.5) is 0 Å². The fourth-order valence-electron chi connectivity index (χ4n) is 1.43. The Morgan fingerprint density at radius 3 is 2.82 bits per heavy atom. The molecule has 0 aliphatic rings. The summed E-state index contributed by atoms with van der Waals surface area (Å²) in [5.41, 5.74) is 3.53. The van der Waals surface area contributed by atoms with E-state index in [1.165, 1.54) is 16.5 Å². The summed E-state index contributed by atoms with van der Waals surface area (Å²) in [6.45, 7) is 4.18. The highest BCUT2D eigenvalue weighted by Gasteiger charge is 1.99. The van der Waals surface area contributed by atoms with Gasteiger partial charge in [-0.1, -0.05) is 6.07 Å². The lowest BCUT2D eigenvalue weighted by Crippen LogP contribution is -1.76. The van der Waals surface area contributed by atoms with Crippen LogP contribution < -0.4 is 0 Å². The molecule has 2 aromatic rings. The quantitative estimate of drug-likeness (QED) is 0.556. The molecule has 0 unspecified atom stereocenters. The van der Waals surface area contributed by atoms with E-state index >= 15 is 0 Å². The van der Waals surface area contributed by atoms with Crippen molar-refractivity contribution in [2.75, 3.05) is 0 Å². The molecule has 0 radical (unpaired) electrons. The molecule has 1 heterocycles. The van der Waals surface area contributed by atoms with E-state index in [9.17, 15) is 0 Å². The first kappa shape index (κ1) is 6.47. The summed E-state index contributed by atoms with van der Waals surface area (Å²) in [6.07, 6.45) is 1.73. The third-order valence-electron chi connectivity index (χ3n) is 1.92. The Labute approximate surface area is 65.6 Å². The lowest BCUT2D eigenvalue weighted by Gasteiger charge is -1.96. The average molecular weight is 146 g/mol. The maximum absolute atomic E-state index is 5.28. The van der Waals surface area contributed by atoms with Crippen molar-refractivity contribution in [1.82, 2.24) is 0 Å². The van der Waals surface area contributed by atoms with Crippen LogP contribution in [0, 0.1) is 13.8 Å². The molecule has 56 valence electrons. The highest BCUT2D eigenvalue weighted by molar-refractivity contribution is 5.81. The van der Waals surface area contributed by atoms with Gasteiger partial charge in [0.15, 0.2) is 0 Å². The predicted molar refractivity (Wildman–Crippen MR) is 45.7 cm³/mol. The van der Waals surface area contributed by atoms with E-state index in [4.69, 9.17) is 4.42 Å². The molecule has 0 saturated heterocycles. The molecule has 1 aromatic heterocycles. The summed E-state index contributed by atoms with van der Waals surface area (Å²) >= 11 is 0. The van der Waals surface area contributed by atoms with Crippen LogP contribution in [-0.2, 0) is 0 Å². The average Bonchev–Trinajstić information content (AvgIpc) is 2.34. The number of hydrogen-bond donors (Lipinski definition) is 0. The molecule has 1 aromatic carbocycles. The molecular weight excluding hydrogens is 136 g/mol. The maximum Gasteiger partial charge on any atom is 0.134 e. The minimum atomic E-state index is 0.988. The first-order chi connectivity index (χ1) is 5.27. The third-order valence-corrected chi connectivity index (χ3v) is 1.92. The second-order valence-corrected chi connectivity index (χ2v) is 2.91. The number of aryl methyl sites for hydroxylation is 2. The van der Waals surface area contributed by atoms with Gasteiger partial charge in [-0.25, -0.2) is 0 Å². The molecule has 0 aliphatic carbocycles. The van der Waals surface area contributed by atoms with E-state index < -0.39 is 0 Å². The second kappa shape index (κ2) is 2.12. The van der Waals surface area contributed by atoms with E-state index in [0.717, 1.165) is 5.58 Å². The van der Waals surface area contributed by atoms with Crippen LogP contribution in [0.5, 0.6) is 0 Å². The molecule has 0 aliphatic heterocycles. The smallest absolute Gasteiger partial charge is 0.134 e. The van der Waals surface area contributed by atoms with Crippen molar-refractivity contribution in [2.24, 2.45) is 0 Å². The molecule has 0 atom stereocenters. The van der Waals surface area contributed by atoms with Gasteiger partial charge < -0.3 is 4.42 Å². The zero-order valence-corrected chi connectivity index (χ0v) is 6.72. The van der Waals surface area contributed by atoms with E-state index in [1.54, 1.807) is 6.26 Å². The van der Waals surface area contributed by atoms with Gasteiger partial charge in [-0.15, -0.1) is 0 Å². The lowest BCUT2D eigenvalue weighted by atomic mass is 10.1. The fourth-order valence-corrected chi connectivity index (χ4v) is 1.43. The summed E-state index contributed by atoms with van der Waals surface area (Å²) in [4.78, 5) is 0. The van der Waals surface area contributed by atoms with Gasteiger partial charge in [0, 0.05) is 5.39 Å². The molecule has 0 spiro atoms. The summed E-state index contributed by atoms with van der Waals surface area (Å²) in [6, 6.07) is 6.23. The van der Waals surface area contributed by atoms with Gasteiger partial charge in [0.25, 0.3) is 0 Å². The number of hydrogen-bond acceptors (Lipinski definition) is 1. The first-order valence-electron chi connectivity index (χ1n) is 3.72. The molecule has 2 rings (SSSR count). The van der Waals surface area contributed by atoms with Crippen molar-refractivity contribution in [3.8, 4) is 0 Å². The number of furan rings is 1. The van der Waals surface area contributed by atoms with Crippen LogP contribution in [-0.4, -0.2) is 0 Å². The second-order valence-electron chi connectivity index (χ2n) is 2.91. The predicted octanol–water partition coefficient (Wildman–Crippen LogP) is 3.05. The summed E-state index contributed by atoms with van der Waals surface area (Å²) in [5.74, 6) is 0. The molecule has 0 N–H and O–H groups in total. The molecule has 0 saturated carbocycles. The van der Waals surface area contributed by atoms with Crippen molar-refractivity contribution >= 4 is 11.0 Å². The van der Waals surface area contributed by atoms with Crippen LogP contribution in [0.1, 0.15) is 11.1 Å². The van der Waals surface area contributed by atoms with Gasteiger partial charge >= 0.3 is 0 Å². The van der Waals surface area contributed by atoms with Gasteiger partial charge in [0.1, 0.15) is 5.58 Å². The van der Waals surface area contributed by atoms with Crippen molar-refractivity contribution in [3.63, 3.8) is 0 Å². The molecule has 11 heavy (non-hydrogen) atoms. The van der Waals surface area contributed by atoms with E-state index in [-0.39, 0.29) is 0 Å². The standard InChI is InChI=1S/C10H10O/c1-7-5-8(2)9-3-4-11-10(9)6-7/h3-6H,1-2H3. The largest absolute Gasteiger partial charge is 0.464 e. The highest BCUT2D eigenvalue weighted by Crippen LogP contribution is 2.20. The Hall–Kier alpha value is -1.24. The molecule has 1 heteroatoms. The van der Waals surface area contributed by atoms with Crippen molar-refractivity contribution in [1.29, 1.82) is 0 Å². The molecule has 0 amide bonds. The van der Waals surface area contributed by atoms with Gasteiger partial charge in [-0.05, 0) is 37.1 Å². The van der Waals surface area contributed by atoms with Crippen LogP contribution in [0.3, 0.4) is 0 Å². The van der Waals surface area contributed by atoms with Crippen molar-refractivity contribution in [2.45, 2.75) is 13.8 Å². The Morgan fingerprint density at radius 1 is 1.18 bits per heavy atom. The minimum Gasteiger partial charge on any atom is -0.464 e. The summed E-state index contributed by atoms with van der Waals surface area (Å²) < 4.78 is 5.28. The zero-order chi connectivity index (χ0) is 7.84. The van der Waals surface area contributed by atoms with Gasteiger partial charge in [0.05, 0.1) is 6.26 Å². The third kappa shape index (κ3) is 0.929. The van der Waals surface area contributed by atoms with Crippen LogP contribution in [0.15, 0.2) is 28.9 Å². The lowest BCUT2D eigenvalue weighted by molar-refractivity contribution is 0.615. The molecular formula is C10H10O. The van der Waals surface area contributed by atoms with Crippen LogP contribution >= 0.6 is 0 Å². The highest BCUT2D eigenvalue weighted by atomic mass is 16.3. The SMILES string of the molecule is Cc1cc(C)c2ccoc2c1. The Balaban J connectivity index is 2.91. The van der Waals surface area contributed by atoms with Gasteiger partial charge in [0.2, 0.25) is 0 Å². The molecule has 0 fully saturated rings. The fraction of sp³-hybridized carbons (Fsp3) is 0.200. The first-order valence-corrected chi connectivity index (χ1v) is 3.72. The van der Waals surface area contributed by atoms with Gasteiger partial charge in [-0.3, -0.25) is 0 Å². The Bertz CT molecular complexity index is 385. The van der Waals surface area contributed by atoms with E-state index in [0.29, 0.717) is 0 Å². The minimum absolute atomic E-state index is 0.988. The molecule has 0 bridgehead atoms. The van der Waals surface area contributed by atoms with Gasteiger partial charge in [-0.2, -0.15) is 0 Å². The van der Waals surface area contributed by atoms with Crippen LogP contribution in [0.2, 0.25) is 0 Å². The Morgan fingerprint density at radius 2 is 2.00 bits per heavy atom.